The van der Waals surface area contributed by atoms with E-state index in [1.807, 2.05) is 0 Å². The summed E-state index contributed by atoms with van der Waals surface area (Å²) in [7, 11) is 0. The maximum Gasteiger partial charge on any atom is 0.0713 e. The summed E-state index contributed by atoms with van der Waals surface area (Å²) in [6, 6.07) is 101. The van der Waals surface area contributed by atoms with Gasteiger partial charge in [-0.3, -0.25) is 0 Å². The summed E-state index contributed by atoms with van der Waals surface area (Å²) in [6.07, 6.45) is 0. The molecule has 0 heterocycles. The van der Waals surface area contributed by atoms with E-state index in [9.17, 15) is 0 Å². The molecule has 1 heteroatoms. The van der Waals surface area contributed by atoms with Gasteiger partial charge < -0.3 is 4.90 Å². The minimum absolute atomic E-state index is 0.487. The predicted molar refractivity (Wildman–Crippen MR) is 287 cm³/mol. The van der Waals surface area contributed by atoms with Gasteiger partial charge in [-0.15, -0.1) is 0 Å². The predicted octanol–water partition coefficient (Wildman–Crippen LogP) is 18.0. The van der Waals surface area contributed by atoms with Gasteiger partial charge in [-0.2, -0.15) is 0 Å². The molecule has 12 aromatic rings. The van der Waals surface area contributed by atoms with Crippen LogP contribution in [-0.4, -0.2) is 0 Å². The molecule has 0 saturated heterocycles. The summed E-state index contributed by atoms with van der Waals surface area (Å²) >= 11 is 0. The highest BCUT2D eigenvalue weighted by Crippen LogP contribution is 2.58. The summed E-state index contributed by atoms with van der Waals surface area (Å²) in [4.78, 5) is 2.50. The molecule has 12 aromatic carbocycles. The molecule has 0 fully saturated rings. The first-order valence-electron chi connectivity index (χ1n) is 23.6. The molecule has 0 radical (unpaired) electrons. The molecule has 1 aliphatic carbocycles. The van der Waals surface area contributed by atoms with Crippen LogP contribution in [0.1, 0.15) is 22.3 Å². The Morgan fingerprint density at radius 3 is 1.47 bits per heavy atom. The lowest BCUT2D eigenvalue weighted by Crippen LogP contribution is -2.28. The van der Waals surface area contributed by atoms with E-state index in [0.717, 1.165) is 28.2 Å². The summed E-state index contributed by atoms with van der Waals surface area (Å²) in [5.74, 6) is 0. The maximum atomic E-state index is 2.50. The van der Waals surface area contributed by atoms with Gasteiger partial charge in [-0.25, -0.2) is 0 Å². The van der Waals surface area contributed by atoms with Gasteiger partial charge >= 0.3 is 0 Å². The van der Waals surface area contributed by atoms with Gasteiger partial charge in [-0.1, -0.05) is 243 Å². The zero-order valence-electron chi connectivity index (χ0n) is 37.4. The Labute approximate surface area is 397 Å². The summed E-state index contributed by atoms with van der Waals surface area (Å²) in [5.41, 5.74) is 17.7. The zero-order chi connectivity index (χ0) is 45.0. The molecule has 0 unspecified atom stereocenters. The molecule has 0 aliphatic heterocycles. The lowest BCUT2D eigenvalue weighted by Gasteiger charge is -2.34. The third-order valence-electron chi connectivity index (χ3n) is 14.3. The monoisotopic (exact) mass is 863 g/mol. The summed E-state index contributed by atoms with van der Waals surface area (Å²) in [5, 5.41) is 7.36. The first-order valence-corrected chi connectivity index (χ1v) is 23.6. The fourth-order valence-electron chi connectivity index (χ4n) is 11.5. The molecule has 0 atom stereocenters. The van der Waals surface area contributed by atoms with Gasteiger partial charge in [0.15, 0.2) is 0 Å². The summed E-state index contributed by atoms with van der Waals surface area (Å²) < 4.78 is 0. The van der Waals surface area contributed by atoms with E-state index in [1.54, 1.807) is 0 Å². The number of hydrogen-bond acceptors (Lipinski definition) is 1. The Morgan fingerprint density at radius 2 is 0.765 bits per heavy atom. The number of hydrogen-bond donors (Lipinski definition) is 0. The average Bonchev–Trinajstić information content (AvgIpc) is 3.72. The van der Waals surface area contributed by atoms with E-state index in [-0.39, 0.29) is 0 Å². The molecule has 0 amide bonds. The molecule has 0 bridgehead atoms. The number of benzene rings is 12. The fraction of sp³-hybridized carbons (Fsp3) is 0.0149. The van der Waals surface area contributed by atoms with Crippen LogP contribution < -0.4 is 4.90 Å². The van der Waals surface area contributed by atoms with E-state index in [0.29, 0.717) is 0 Å². The highest BCUT2D eigenvalue weighted by atomic mass is 15.1. The van der Waals surface area contributed by atoms with Crippen molar-refractivity contribution in [1.82, 2.24) is 0 Å². The van der Waals surface area contributed by atoms with Gasteiger partial charge in [0.25, 0.3) is 0 Å². The second-order valence-electron chi connectivity index (χ2n) is 17.9. The highest BCUT2D eigenvalue weighted by molar-refractivity contribution is 6.22. The molecule has 68 heavy (non-hydrogen) atoms. The van der Waals surface area contributed by atoms with Gasteiger partial charge in [0.2, 0.25) is 0 Å². The lowest BCUT2D eigenvalue weighted by atomic mass is 9.68. The Hall–Kier alpha value is -8.78. The second kappa shape index (κ2) is 16.3. The Kier molecular flexibility index (Phi) is 9.47. The van der Waals surface area contributed by atoms with Crippen LogP contribution in [0.4, 0.5) is 17.1 Å². The van der Waals surface area contributed by atoms with Crippen molar-refractivity contribution in [3.05, 3.63) is 295 Å². The number of para-hydroxylation sites is 1. The fourth-order valence-corrected chi connectivity index (χ4v) is 11.5. The Morgan fingerprint density at radius 1 is 0.265 bits per heavy atom. The Bertz CT molecular complexity index is 3790. The first kappa shape index (κ1) is 39.6. The van der Waals surface area contributed by atoms with E-state index in [1.165, 1.54) is 88.0 Å². The van der Waals surface area contributed by atoms with Crippen molar-refractivity contribution in [2.24, 2.45) is 0 Å². The highest BCUT2D eigenvalue weighted by Gasteiger charge is 2.46. The molecule has 318 valence electrons. The molecule has 13 rings (SSSR count). The smallest absolute Gasteiger partial charge is 0.0713 e. The van der Waals surface area contributed by atoms with E-state index in [2.05, 4.69) is 278 Å². The number of rotatable bonds is 8. The van der Waals surface area contributed by atoms with Crippen molar-refractivity contribution in [2.45, 2.75) is 5.41 Å². The molecule has 1 nitrogen and oxygen atoms in total. The van der Waals surface area contributed by atoms with Crippen LogP contribution >= 0.6 is 0 Å². The van der Waals surface area contributed by atoms with Gasteiger partial charge in [0.1, 0.15) is 0 Å². The van der Waals surface area contributed by atoms with Gasteiger partial charge in [0, 0.05) is 16.6 Å². The van der Waals surface area contributed by atoms with Crippen LogP contribution in [-0.2, 0) is 5.41 Å². The number of nitrogens with zero attached hydrogens (tertiary/aromatic N) is 1. The molecule has 0 aromatic heterocycles. The van der Waals surface area contributed by atoms with E-state index >= 15 is 0 Å². The Balaban J connectivity index is 1.08. The van der Waals surface area contributed by atoms with Crippen LogP contribution in [0.5, 0.6) is 0 Å². The largest absolute Gasteiger partial charge is 0.309 e. The third kappa shape index (κ3) is 6.17. The van der Waals surface area contributed by atoms with Crippen LogP contribution in [0.3, 0.4) is 0 Å². The molecule has 0 N–H and O–H groups in total. The SMILES string of the molecule is c1ccc(-c2c(-c3ccccc3)c3cc(-c4ccccc4N(c4ccc5c(c4)-c4ccccc4C5(c4ccccc4)c4ccccc4)c4cccc5ccccc45)ccc3c3ccccc23)cc1. The maximum absolute atomic E-state index is 2.50. The van der Waals surface area contributed by atoms with Crippen molar-refractivity contribution in [2.75, 3.05) is 4.90 Å². The number of anilines is 3. The molecular formula is C67H45N. The van der Waals surface area contributed by atoms with Crippen molar-refractivity contribution < 1.29 is 0 Å². The van der Waals surface area contributed by atoms with Crippen molar-refractivity contribution in [3.63, 3.8) is 0 Å². The quantitative estimate of drug-likeness (QED) is 0.138. The van der Waals surface area contributed by atoms with E-state index in [4.69, 9.17) is 0 Å². The molecule has 0 spiro atoms. The normalized spacial score (nSPS) is 12.5. The van der Waals surface area contributed by atoms with Crippen LogP contribution in [0, 0.1) is 0 Å². The minimum Gasteiger partial charge on any atom is -0.309 e. The topological polar surface area (TPSA) is 3.24 Å². The zero-order valence-corrected chi connectivity index (χ0v) is 37.4. The third-order valence-corrected chi connectivity index (χ3v) is 14.3. The standard InChI is InChI=1S/C67H45N/c1-5-23-47(24-6-1)65-58-36-16-15-34-55(58)56-42-40-49(44-60(56)66(65)48-25-7-2-8-26-48)54-33-18-20-38-63(54)68(64-39-21-27-46-22-13-14-32-53(46)64)52-41-43-62-59(45-52)57-35-17-19-37-61(57)67(62,50-28-9-3-10-29-50)51-30-11-4-12-31-51/h1-45H. The summed E-state index contributed by atoms with van der Waals surface area (Å²) in [6.45, 7) is 0. The molecule has 0 saturated carbocycles. The van der Waals surface area contributed by atoms with Crippen LogP contribution in [0.2, 0.25) is 0 Å². The van der Waals surface area contributed by atoms with Crippen LogP contribution in [0.25, 0.3) is 76.8 Å². The van der Waals surface area contributed by atoms with Crippen molar-refractivity contribution in [1.29, 1.82) is 0 Å². The van der Waals surface area contributed by atoms with Crippen LogP contribution in [0.15, 0.2) is 273 Å². The first-order chi connectivity index (χ1) is 33.8. The van der Waals surface area contributed by atoms with Crippen molar-refractivity contribution >= 4 is 49.4 Å². The van der Waals surface area contributed by atoms with Crippen molar-refractivity contribution in [3.8, 4) is 44.5 Å². The minimum atomic E-state index is -0.487. The van der Waals surface area contributed by atoms with E-state index < -0.39 is 5.41 Å². The lowest BCUT2D eigenvalue weighted by molar-refractivity contribution is 0.768. The molecular weight excluding hydrogens is 819 g/mol. The van der Waals surface area contributed by atoms with Gasteiger partial charge in [-0.05, 0) is 118 Å². The molecule has 1 aliphatic rings. The average molecular weight is 864 g/mol. The van der Waals surface area contributed by atoms with Gasteiger partial charge in [0.05, 0.1) is 16.8 Å². The second-order valence-corrected chi connectivity index (χ2v) is 17.9. The number of fused-ring (bicyclic) bond motifs is 7.